The van der Waals surface area contributed by atoms with E-state index in [1.165, 1.54) is 0 Å². The zero-order valence-corrected chi connectivity index (χ0v) is 17.9. The lowest BCUT2D eigenvalue weighted by atomic mass is 9.96. The molecule has 1 fully saturated rings. The monoisotopic (exact) mass is 408 g/mol. The van der Waals surface area contributed by atoms with Crippen LogP contribution in [0.5, 0.6) is 0 Å². The van der Waals surface area contributed by atoms with Crippen LogP contribution in [0.4, 0.5) is 0 Å². The number of ether oxygens (including phenoxy) is 1. The summed E-state index contributed by atoms with van der Waals surface area (Å²) >= 11 is 0. The minimum Gasteiger partial charge on any atom is -0.373 e. The van der Waals surface area contributed by atoms with Crippen molar-refractivity contribution in [2.75, 3.05) is 13.1 Å². The second-order valence-electron chi connectivity index (χ2n) is 8.02. The molecule has 0 aromatic heterocycles. The number of carbonyl (C=O) groups excluding carboxylic acids is 2. The number of hydrogen-bond acceptors (Lipinski definition) is 3. The lowest BCUT2D eigenvalue weighted by Crippen LogP contribution is -2.53. The van der Waals surface area contributed by atoms with Crippen molar-refractivity contribution in [2.24, 2.45) is 5.92 Å². The molecule has 1 heterocycles. The maximum atomic E-state index is 13.2. The summed E-state index contributed by atoms with van der Waals surface area (Å²) in [4.78, 5) is 27.7. The van der Waals surface area contributed by atoms with Crippen LogP contribution < -0.4 is 5.32 Å². The lowest BCUT2D eigenvalue weighted by molar-refractivity contribution is -0.137. The molecule has 1 aliphatic rings. The Morgan fingerprint density at radius 2 is 1.63 bits per heavy atom. The Morgan fingerprint density at radius 3 is 2.23 bits per heavy atom. The summed E-state index contributed by atoms with van der Waals surface area (Å²) in [5.41, 5.74) is 1.74. The molecular weight excluding hydrogens is 376 g/mol. The van der Waals surface area contributed by atoms with Crippen LogP contribution in [0.3, 0.4) is 0 Å². The first-order valence-corrected chi connectivity index (χ1v) is 10.9. The first kappa shape index (κ1) is 22.0. The van der Waals surface area contributed by atoms with Gasteiger partial charge in [-0.05, 0) is 36.5 Å². The highest BCUT2D eigenvalue weighted by molar-refractivity contribution is 5.97. The van der Waals surface area contributed by atoms with E-state index in [-0.39, 0.29) is 23.8 Å². The maximum absolute atomic E-state index is 13.2. The zero-order valence-electron chi connectivity index (χ0n) is 17.9. The molecule has 2 atom stereocenters. The Hall–Kier alpha value is -2.66. The minimum atomic E-state index is -0.510. The zero-order chi connectivity index (χ0) is 21.3. The molecular formula is C25H32N2O3. The van der Waals surface area contributed by atoms with Crippen molar-refractivity contribution in [3.8, 4) is 0 Å². The van der Waals surface area contributed by atoms with E-state index in [9.17, 15) is 9.59 Å². The normalized spacial score (nSPS) is 16.7. The van der Waals surface area contributed by atoms with Gasteiger partial charge in [0.2, 0.25) is 5.91 Å². The number of hydrogen-bond donors (Lipinski definition) is 1. The number of amides is 2. The molecule has 2 aromatic rings. The van der Waals surface area contributed by atoms with Gasteiger partial charge in [0.05, 0.1) is 12.7 Å². The summed E-state index contributed by atoms with van der Waals surface area (Å²) in [5.74, 6) is -0.123. The van der Waals surface area contributed by atoms with Crippen molar-refractivity contribution < 1.29 is 14.3 Å². The summed E-state index contributed by atoms with van der Waals surface area (Å²) in [6.45, 7) is 5.98. The van der Waals surface area contributed by atoms with E-state index in [1.54, 1.807) is 12.1 Å². The van der Waals surface area contributed by atoms with Crippen molar-refractivity contribution >= 4 is 11.8 Å². The third-order valence-corrected chi connectivity index (χ3v) is 5.88. The first-order valence-electron chi connectivity index (χ1n) is 10.9. The Kier molecular flexibility index (Phi) is 8.03. The Labute approximate surface area is 179 Å². The van der Waals surface area contributed by atoms with E-state index in [0.717, 1.165) is 24.8 Å². The summed E-state index contributed by atoms with van der Waals surface area (Å²) in [5, 5.41) is 2.98. The van der Waals surface area contributed by atoms with Crippen molar-refractivity contribution in [3.05, 3.63) is 71.8 Å². The third kappa shape index (κ3) is 5.92. The predicted octanol–water partition coefficient (Wildman–Crippen LogP) is 4.04. The van der Waals surface area contributed by atoms with Gasteiger partial charge in [0, 0.05) is 18.7 Å². The molecule has 1 saturated heterocycles. The molecule has 2 aromatic carbocycles. The van der Waals surface area contributed by atoms with Crippen LogP contribution in [-0.4, -0.2) is 41.9 Å². The van der Waals surface area contributed by atoms with Crippen LogP contribution in [0.2, 0.25) is 0 Å². The lowest BCUT2D eigenvalue weighted by Gasteiger charge is -2.35. The van der Waals surface area contributed by atoms with E-state index >= 15 is 0 Å². The molecule has 0 saturated carbocycles. The molecule has 1 aliphatic heterocycles. The van der Waals surface area contributed by atoms with Crippen LogP contribution in [-0.2, 0) is 16.1 Å². The quantitative estimate of drug-likeness (QED) is 0.717. The summed E-state index contributed by atoms with van der Waals surface area (Å²) in [6.07, 6.45) is 2.62. The van der Waals surface area contributed by atoms with E-state index < -0.39 is 6.04 Å². The summed E-state index contributed by atoms with van der Waals surface area (Å²) in [6, 6.07) is 18.7. The standard InChI is InChI=1S/C25H32N2O3/c1-3-19(2)23(26-24(28)21-12-8-5-9-13-21)25(29)27-16-14-22(15-17-27)30-18-20-10-6-4-7-11-20/h4-13,19,22-23H,3,14-18H2,1-2H3,(H,26,28). The van der Waals surface area contributed by atoms with E-state index in [1.807, 2.05) is 55.1 Å². The fourth-order valence-electron chi connectivity index (χ4n) is 3.73. The van der Waals surface area contributed by atoms with Gasteiger partial charge in [-0.1, -0.05) is 68.8 Å². The molecule has 3 rings (SSSR count). The van der Waals surface area contributed by atoms with Gasteiger partial charge in [-0.15, -0.1) is 0 Å². The number of likely N-dealkylation sites (tertiary alicyclic amines) is 1. The molecule has 0 bridgehead atoms. The Balaban J connectivity index is 1.54. The number of rotatable bonds is 8. The minimum absolute atomic E-state index is 0.00939. The molecule has 2 amide bonds. The molecule has 160 valence electrons. The molecule has 0 spiro atoms. The predicted molar refractivity (Wildman–Crippen MR) is 118 cm³/mol. The van der Waals surface area contributed by atoms with E-state index in [4.69, 9.17) is 4.74 Å². The number of nitrogens with zero attached hydrogens (tertiary/aromatic N) is 1. The molecule has 5 nitrogen and oxygen atoms in total. The Bertz CT molecular complexity index is 802. The maximum Gasteiger partial charge on any atom is 0.251 e. The van der Waals surface area contributed by atoms with Crippen LogP contribution in [0.25, 0.3) is 0 Å². The molecule has 5 heteroatoms. The highest BCUT2D eigenvalue weighted by atomic mass is 16.5. The highest BCUT2D eigenvalue weighted by Gasteiger charge is 2.32. The van der Waals surface area contributed by atoms with Crippen molar-refractivity contribution in [2.45, 2.75) is 51.9 Å². The topological polar surface area (TPSA) is 58.6 Å². The molecule has 0 aliphatic carbocycles. The first-order chi connectivity index (χ1) is 14.6. The van der Waals surface area contributed by atoms with Gasteiger partial charge in [0.25, 0.3) is 5.91 Å². The third-order valence-electron chi connectivity index (χ3n) is 5.88. The Morgan fingerprint density at radius 1 is 1.03 bits per heavy atom. The summed E-state index contributed by atoms with van der Waals surface area (Å²) < 4.78 is 6.04. The summed E-state index contributed by atoms with van der Waals surface area (Å²) in [7, 11) is 0. The fraction of sp³-hybridized carbons (Fsp3) is 0.440. The molecule has 0 radical (unpaired) electrons. The van der Waals surface area contributed by atoms with Gasteiger partial charge >= 0.3 is 0 Å². The fourth-order valence-corrected chi connectivity index (χ4v) is 3.73. The highest BCUT2D eigenvalue weighted by Crippen LogP contribution is 2.19. The second kappa shape index (κ2) is 10.9. The van der Waals surface area contributed by atoms with Crippen molar-refractivity contribution in [1.82, 2.24) is 10.2 Å². The largest absolute Gasteiger partial charge is 0.373 e. The van der Waals surface area contributed by atoms with Gasteiger partial charge in [-0.25, -0.2) is 0 Å². The van der Waals surface area contributed by atoms with Crippen LogP contribution in [0.1, 0.15) is 49.0 Å². The van der Waals surface area contributed by atoms with Gasteiger partial charge in [-0.3, -0.25) is 9.59 Å². The number of benzene rings is 2. The van der Waals surface area contributed by atoms with Gasteiger partial charge in [-0.2, -0.15) is 0 Å². The molecule has 30 heavy (non-hydrogen) atoms. The van der Waals surface area contributed by atoms with Crippen molar-refractivity contribution in [3.63, 3.8) is 0 Å². The van der Waals surface area contributed by atoms with Gasteiger partial charge in [0.1, 0.15) is 6.04 Å². The average molecular weight is 409 g/mol. The van der Waals surface area contributed by atoms with Crippen LogP contribution in [0.15, 0.2) is 60.7 Å². The molecule has 2 unspecified atom stereocenters. The van der Waals surface area contributed by atoms with E-state index in [0.29, 0.717) is 25.3 Å². The van der Waals surface area contributed by atoms with E-state index in [2.05, 4.69) is 17.4 Å². The average Bonchev–Trinajstić information content (AvgIpc) is 2.81. The number of nitrogens with one attached hydrogen (secondary N) is 1. The SMILES string of the molecule is CCC(C)C(NC(=O)c1ccccc1)C(=O)N1CCC(OCc2ccccc2)CC1. The molecule has 1 N–H and O–H groups in total. The van der Waals surface area contributed by atoms with Crippen LogP contribution >= 0.6 is 0 Å². The number of carbonyl (C=O) groups is 2. The van der Waals surface area contributed by atoms with Crippen LogP contribution in [0, 0.1) is 5.92 Å². The van der Waals surface area contributed by atoms with Gasteiger partial charge < -0.3 is 15.0 Å². The van der Waals surface area contributed by atoms with Crippen molar-refractivity contribution in [1.29, 1.82) is 0 Å². The van der Waals surface area contributed by atoms with Gasteiger partial charge in [0.15, 0.2) is 0 Å². The second-order valence-corrected chi connectivity index (χ2v) is 8.02. The number of piperidine rings is 1. The smallest absolute Gasteiger partial charge is 0.251 e.